The van der Waals surface area contributed by atoms with Gasteiger partial charge < -0.3 is 5.32 Å². The van der Waals surface area contributed by atoms with Gasteiger partial charge in [-0.1, -0.05) is 64.9 Å². The van der Waals surface area contributed by atoms with Gasteiger partial charge in [0.1, 0.15) is 5.01 Å². The molecule has 1 N–H and O–H groups in total. The predicted molar refractivity (Wildman–Crippen MR) is 106 cm³/mol. The van der Waals surface area contributed by atoms with Gasteiger partial charge in [-0.05, 0) is 30.8 Å². The molecule has 1 amide bonds. The van der Waals surface area contributed by atoms with Gasteiger partial charge >= 0.3 is 0 Å². The van der Waals surface area contributed by atoms with E-state index < -0.39 is 0 Å². The summed E-state index contributed by atoms with van der Waals surface area (Å²) >= 11 is 13.5. The number of nitrogens with zero attached hydrogens (tertiary/aromatic N) is 3. The number of para-hydroxylation sites is 1. The summed E-state index contributed by atoms with van der Waals surface area (Å²) in [5, 5.41) is 13.1. The number of hydrogen-bond donors (Lipinski definition) is 1. The molecule has 0 bridgehead atoms. The van der Waals surface area contributed by atoms with Crippen LogP contribution < -0.4 is 5.32 Å². The lowest BCUT2D eigenvalue weighted by molar-refractivity contribution is 0.102. The largest absolute Gasteiger partial charge is 0.320 e. The number of carbonyl (C=O) groups is 1. The van der Waals surface area contributed by atoms with Gasteiger partial charge in [-0.25, -0.2) is 0 Å². The van der Waals surface area contributed by atoms with Crippen LogP contribution in [0.15, 0.2) is 48.5 Å². The second-order valence-electron chi connectivity index (χ2n) is 5.71. The summed E-state index contributed by atoms with van der Waals surface area (Å²) in [6, 6.07) is 14.8. The average molecular weight is 407 g/mol. The van der Waals surface area contributed by atoms with Crippen molar-refractivity contribution in [2.45, 2.75) is 13.1 Å². The molecule has 0 unspecified atom stereocenters. The highest BCUT2D eigenvalue weighted by atomic mass is 35.5. The third-order valence-electron chi connectivity index (χ3n) is 3.57. The summed E-state index contributed by atoms with van der Waals surface area (Å²) in [6.07, 6.45) is 0. The van der Waals surface area contributed by atoms with E-state index in [4.69, 9.17) is 23.2 Å². The fraction of sp³-hybridized carbons (Fsp3) is 0.167. The van der Waals surface area contributed by atoms with Crippen LogP contribution in [0.2, 0.25) is 10.0 Å². The highest BCUT2D eigenvalue weighted by Gasteiger charge is 2.15. The summed E-state index contributed by atoms with van der Waals surface area (Å²) in [5.41, 5.74) is 1.66. The van der Waals surface area contributed by atoms with Gasteiger partial charge in [0.2, 0.25) is 5.01 Å². The molecule has 2 aromatic carbocycles. The summed E-state index contributed by atoms with van der Waals surface area (Å²) in [4.78, 5) is 14.3. The number of anilines is 1. The summed E-state index contributed by atoms with van der Waals surface area (Å²) in [5.74, 6) is -0.263. The van der Waals surface area contributed by atoms with Crippen LogP contribution in [0.25, 0.3) is 0 Å². The van der Waals surface area contributed by atoms with Crippen LogP contribution in [0.5, 0.6) is 0 Å². The van der Waals surface area contributed by atoms with Crippen LogP contribution in [-0.4, -0.2) is 28.1 Å². The number of aromatic nitrogens is 2. The Balaban J connectivity index is 1.61. The van der Waals surface area contributed by atoms with Gasteiger partial charge in [0, 0.05) is 12.2 Å². The number of hydrogen-bond acceptors (Lipinski definition) is 5. The standard InChI is InChI=1S/C18H16Cl2N4OS/c1-24(10-12-6-5-9-14(19)16(12)20)11-15-22-23-18(26-15)17(25)21-13-7-3-2-4-8-13/h2-9H,10-11H2,1H3,(H,21,25). The smallest absolute Gasteiger partial charge is 0.286 e. The second-order valence-corrected chi connectivity index (χ2v) is 7.55. The third kappa shape index (κ3) is 4.80. The van der Waals surface area contributed by atoms with E-state index >= 15 is 0 Å². The molecule has 0 aliphatic heterocycles. The fourth-order valence-electron chi connectivity index (χ4n) is 2.36. The maximum Gasteiger partial charge on any atom is 0.286 e. The lowest BCUT2D eigenvalue weighted by atomic mass is 10.2. The lowest BCUT2D eigenvalue weighted by Gasteiger charge is -2.16. The minimum Gasteiger partial charge on any atom is -0.320 e. The SMILES string of the molecule is CN(Cc1nnc(C(=O)Nc2ccccc2)s1)Cc1cccc(Cl)c1Cl. The minimum absolute atomic E-state index is 0.263. The summed E-state index contributed by atoms with van der Waals surface area (Å²) in [6.45, 7) is 1.17. The number of carbonyl (C=O) groups excluding carboxylic acids is 1. The molecule has 26 heavy (non-hydrogen) atoms. The van der Waals surface area contributed by atoms with E-state index in [-0.39, 0.29) is 5.91 Å². The zero-order valence-electron chi connectivity index (χ0n) is 13.9. The predicted octanol–water partition coefficient (Wildman–Crippen LogP) is 4.73. The monoisotopic (exact) mass is 406 g/mol. The molecule has 8 heteroatoms. The van der Waals surface area contributed by atoms with Gasteiger partial charge in [-0.2, -0.15) is 0 Å². The molecule has 134 valence electrons. The second kappa shape index (κ2) is 8.60. The fourth-order valence-corrected chi connectivity index (χ4v) is 3.56. The van der Waals surface area contributed by atoms with Crippen molar-refractivity contribution in [3.63, 3.8) is 0 Å². The first-order valence-electron chi connectivity index (χ1n) is 7.83. The molecule has 1 heterocycles. The molecule has 0 fully saturated rings. The Labute approximate surface area is 165 Å². The molecule has 0 radical (unpaired) electrons. The van der Waals surface area contributed by atoms with Crippen molar-refractivity contribution >= 4 is 46.1 Å². The minimum atomic E-state index is -0.263. The Bertz CT molecular complexity index is 901. The zero-order valence-corrected chi connectivity index (χ0v) is 16.3. The van der Waals surface area contributed by atoms with Crippen LogP contribution in [0.1, 0.15) is 20.4 Å². The quantitative estimate of drug-likeness (QED) is 0.642. The van der Waals surface area contributed by atoms with E-state index in [0.29, 0.717) is 28.1 Å². The Morgan fingerprint density at radius 2 is 1.85 bits per heavy atom. The molecule has 0 saturated heterocycles. The number of nitrogens with one attached hydrogen (secondary N) is 1. The first kappa shape index (κ1) is 18.8. The molecule has 0 saturated carbocycles. The lowest BCUT2D eigenvalue weighted by Crippen LogP contribution is -2.17. The van der Waals surface area contributed by atoms with Crippen LogP contribution in [0.3, 0.4) is 0 Å². The Hall–Kier alpha value is -1.99. The van der Waals surface area contributed by atoms with Gasteiger partial charge in [0.05, 0.1) is 16.6 Å². The maximum absolute atomic E-state index is 12.2. The Morgan fingerprint density at radius 1 is 1.08 bits per heavy atom. The summed E-state index contributed by atoms with van der Waals surface area (Å²) in [7, 11) is 1.95. The topological polar surface area (TPSA) is 58.1 Å². The molecule has 0 aliphatic rings. The molecular weight excluding hydrogens is 391 g/mol. The van der Waals surface area contributed by atoms with Crippen molar-refractivity contribution in [3.8, 4) is 0 Å². The van der Waals surface area contributed by atoms with Crippen LogP contribution in [0.4, 0.5) is 5.69 Å². The highest BCUT2D eigenvalue weighted by molar-refractivity contribution is 7.13. The molecule has 5 nitrogen and oxygen atoms in total. The van der Waals surface area contributed by atoms with E-state index in [2.05, 4.69) is 15.5 Å². The first-order chi connectivity index (χ1) is 12.5. The molecule has 0 aliphatic carbocycles. The van der Waals surface area contributed by atoms with Crippen LogP contribution >= 0.6 is 34.5 Å². The van der Waals surface area contributed by atoms with E-state index in [1.165, 1.54) is 11.3 Å². The Kier molecular flexibility index (Phi) is 6.21. The van der Waals surface area contributed by atoms with Crippen molar-refractivity contribution in [2.24, 2.45) is 0 Å². The molecule has 0 atom stereocenters. The number of halogens is 2. The van der Waals surface area contributed by atoms with E-state index in [1.54, 1.807) is 6.07 Å². The Morgan fingerprint density at radius 3 is 2.62 bits per heavy atom. The van der Waals surface area contributed by atoms with Gasteiger partial charge in [-0.15, -0.1) is 10.2 Å². The van der Waals surface area contributed by atoms with Crippen molar-refractivity contribution in [1.82, 2.24) is 15.1 Å². The molecule has 3 rings (SSSR count). The van der Waals surface area contributed by atoms with Crippen molar-refractivity contribution in [2.75, 3.05) is 12.4 Å². The third-order valence-corrected chi connectivity index (χ3v) is 5.33. The van der Waals surface area contributed by atoms with E-state index in [0.717, 1.165) is 16.3 Å². The van der Waals surface area contributed by atoms with Crippen LogP contribution in [-0.2, 0) is 13.1 Å². The number of amides is 1. The molecule has 1 aromatic heterocycles. The van der Waals surface area contributed by atoms with Crippen LogP contribution in [0, 0.1) is 0 Å². The average Bonchev–Trinajstić information content (AvgIpc) is 3.08. The number of benzene rings is 2. The van der Waals surface area contributed by atoms with Gasteiger partial charge in [0.15, 0.2) is 0 Å². The number of rotatable bonds is 6. The maximum atomic E-state index is 12.2. The normalized spacial score (nSPS) is 10.9. The summed E-state index contributed by atoms with van der Waals surface area (Å²) < 4.78 is 0. The van der Waals surface area contributed by atoms with Crippen molar-refractivity contribution in [1.29, 1.82) is 0 Å². The van der Waals surface area contributed by atoms with Crippen molar-refractivity contribution in [3.05, 3.63) is 74.2 Å². The molecular formula is C18H16Cl2N4OS. The first-order valence-corrected chi connectivity index (χ1v) is 9.40. The van der Waals surface area contributed by atoms with Gasteiger partial charge in [0.25, 0.3) is 5.91 Å². The van der Waals surface area contributed by atoms with E-state index in [9.17, 15) is 4.79 Å². The molecule has 0 spiro atoms. The van der Waals surface area contributed by atoms with Crippen molar-refractivity contribution < 1.29 is 4.79 Å². The zero-order chi connectivity index (χ0) is 18.5. The highest BCUT2D eigenvalue weighted by Crippen LogP contribution is 2.26. The van der Waals surface area contributed by atoms with Gasteiger partial charge in [-0.3, -0.25) is 9.69 Å². The van der Waals surface area contributed by atoms with E-state index in [1.807, 2.05) is 54.4 Å². The molecule has 3 aromatic rings.